The lowest BCUT2D eigenvalue weighted by Crippen LogP contribution is -1.95. The summed E-state index contributed by atoms with van der Waals surface area (Å²) in [5.41, 5.74) is 0.713. The van der Waals surface area contributed by atoms with Crippen molar-refractivity contribution < 1.29 is 9.23 Å². The second-order valence-electron chi connectivity index (χ2n) is 2.25. The summed E-state index contributed by atoms with van der Waals surface area (Å²) in [6.45, 7) is 2.32. The van der Waals surface area contributed by atoms with Crippen molar-refractivity contribution in [2.24, 2.45) is 5.16 Å². The molecule has 3 nitrogen and oxygen atoms in total. The maximum Gasteiger partial charge on any atom is 0.216 e. The Morgan fingerprint density at radius 2 is 2.15 bits per heavy atom. The van der Waals surface area contributed by atoms with E-state index in [1.54, 1.807) is 12.1 Å². The average Bonchev–Trinajstić information content (AvgIpc) is 2.15. The van der Waals surface area contributed by atoms with Gasteiger partial charge >= 0.3 is 0 Å². The molecular weight excluding hydrogens is 171 g/mol. The van der Waals surface area contributed by atoms with E-state index in [1.807, 2.05) is 6.92 Å². The van der Waals surface area contributed by atoms with Crippen LogP contribution in [0.1, 0.15) is 6.92 Å². The maximum absolute atomic E-state index is 12.4. The third-order valence-electron chi connectivity index (χ3n) is 1.28. The average molecular weight is 181 g/mol. The molecule has 0 fully saturated rings. The smallest absolute Gasteiger partial charge is 0.216 e. The molecule has 0 aliphatic heterocycles. The van der Waals surface area contributed by atoms with Crippen LogP contribution in [0.15, 0.2) is 29.4 Å². The molecule has 1 aromatic rings. The van der Waals surface area contributed by atoms with E-state index in [2.05, 4.69) is 21.6 Å². The highest BCUT2D eigenvalue weighted by atomic mass is 19.1. The number of rotatable bonds is 4. The summed E-state index contributed by atoms with van der Waals surface area (Å²) < 4.78 is 12.4. The van der Waals surface area contributed by atoms with Crippen molar-refractivity contribution in [2.75, 3.05) is 11.9 Å². The van der Waals surface area contributed by atoms with E-state index >= 15 is 0 Å². The predicted molar refractivity (Wildman–Crippen MR) is 49.1 cm³/mol. The Morgan fingerprint density at radius 1 is 1.46 bits per heavy atom. The van der Waals surface area contributed by atoms with Gasteiger partial charge in [-0.15, -0.1) is 0 Å². The fraction of sp³-hybridized carbons (Fsp3) is 0.222. The Labute approximate surface area is 76.2 Å². The molecule has 69 valence electrons. The third-order valence-corrected chi connectivity index (χ3v) is 1.28. The maximum atomic E-state index is 12.4. The van der Waals surface area contributed by atoms with E-state index in [-0.39, 0.29) is 5.82 Å². The molecule has 4 heteroatoms. The van der Waals surface area contributed by atoms with E-state index in [0.29, 0.717) is 12.3 Å². The molecule has 0 saturated carbocycles. The van der Waals surface area contributed by atoms with Gasteiger partial charge in [0.05, 0.1) is 0 Å². The number of hydrogen-bond acceptors (Lipinski definition) is 2. The molecule has 0 spiro atoms. The van der Waals surface area contributed by atoms with E-state index in [4.69, 9.17) is 0 Å². The minimum absolute atomic E-state index is 0.271. The minimum Gasteiger partial charge on any atom is -0.394 e. The summed E-state index contributed by atoms with van der Waals surface area (Å²) in [7, 11) is 0. The van der Waals surface area contributed by atoms with Gasteiger partial charge in [-0.05, 0) is 31.2 Å². The largest absolute Gasteiger partial charge is 0.394 e. The lowest BCUT2D eigenvalue weighted by molar-refractivity contribution is 0.160. The van der Waals surface area contributed by atoms with Gasteiger partial charge in [0, 0.05) is 5.69 Å². The third kappa shape index (κ3) is 3.55. The first kappa shape index (κ1) is 9.51. The first-order valence-corrected chi connectivity index (χ1v) is 3.91. The van der Waals surface area contributed by atoms with Crippen LogP contribution in [0, 0.1) is 5.82 Å². The van der Waals surface area contributed by atoms with Gasteiger partial charge in [-0.3, -0.25) is 0 Å². The summed E-state index contributed by atoms with van der Waals surface area (Å²) in [6, 6.07) is 5.88. The van der Waals surface area contributed by atoms with E-state index in [9.17, 15) is 4.39 Å². The molecule has 0 atom stereocenters. The topological polar surface area (TPSA) is 33.6 Å². The van der Waals surface area contributed by atoms with Gasteiger partial charge in [0.2, 0.25) is 6.34 Å². The molecule has 0 unspecified atom stereocenters. The van der Waals surface area contributed by atoms with Gasteiger partial charge < -0.3 is 10.2 Å². The Bertz CT molecular complexity index is 271. The Kier molecular flexibility index (Phi) is 3.75. The molecule has 0 bridgehead atoms. The lowest BCUT2D eigenvalue weighted by atomic mass is 10.3. The van der Waals surface area contributed by atoms with Crippen LogP contribution in [0.5, 0.6) is 0 Å². The Balaban J connectivity index is 2.41. The van der Waals surface area contributed by atoms with Crippen LogP contribution in [0.4, 0.5) is 10.1 Å². The van der Waals surface area contributed by atoms with Crippen molar-refractivity contribution in [3.05, 3.63) is 30.1 Å². The first-order chi connectivity index (χ1) is 6.33. The highest BCUT2D eigenvalue weighted by Gasteiger charge is 1.89. The van der Waals surface area contributed by atoms with Crippen LogP contribution < -0.4 is 5.32 Å². The van der Waals surface area contributed by atoms with Crippen molar-refractivity contribution >= 4 is 12.0 Å². The fourth-order valence-corrected chi connectivity index (χ4v) is 0.717. The van der Waals surface area contributed by atoms with Gasteiger partial charge in [-0.1, -0.05) is 5.16 Å². The first-order valence-electron chi connectivity index (χ1n) is 3.91. The van der Waals surface area contributed by atoms with Gasteiger partial charge in [0.25, 0.3) is 0 Å². The number of nitrogens with zero attached hydrogens (tertiary/aromatic N) is 1. The quantitative estimate of drug-likeness (QED) is 0.334. The standard InChI is InChI=1S/C9H10FN2O/c1-2-13-12-7-11-9-5-3-8(10)4-6-9/h3-6H,2H2,1H3,(H,11,12). The zero-order valence-corrected chi connectivity index (χ0v) is 7.25. The SMILES string of the molecule is CCO/N=[C]/Nc1ccc(F)cc1. The summed E-state index contributed by atoms with van der Waals surface area (Å²) in [6.07, 6.45) is 2.45. The molecular formula is C9H10FN2O. The second kappa shape index (κ2) is 5.13. The fourth-order valence-electron chi connectivity index (χ4n) is 0.717. The van der Waals surface area contributed by atoms with Crippen LogP contribution in [-0.2, 0) is 4.84 Å². The monoisotopic (exact) mass is 181 g/mol. The number of benzene rings is 1. The van der Waals surface area contributed by atoms with Crippen LogP contribution in [0.25, 0.3) is 0 Å². The summed E-state index contributed by atoms with van der Waals surface area (Å²) in [5, 5.41) is 6.15. The molecule has 0 aliphatic rings. The molecule has 0 aliphatic carbocycles. The van der Waals surface area contributed by atoms with Crippen LogP contribution >= 0.6 is 0 Å². The van der Waals surface area contributed by atoms with Gasteiger partial charge in [-0.25, -0.2) is 4.39 Å². The molecule has 0 saturated heterocycles. The molecule has 1 N–H and O–H groups in total. The van der Waals surface area contributed by atoms with Crippen molar-refractivity contribution in [3.8, 4) is 0 Å². The van der Waals surface area contributed by atoms with Crippen molar-refractivity contribution in [1.82, 2.24) is 0 Å². The predicted octanol–water partition coefficient (Wildman–Crippen LogP) is 2.09. The number of halogens is 1. The summed E-state index contributed by atoms with van der Waals surface area (Å²) >= 11 is 0. The van der Waals surface area contributed by atoms with Crippen LogP contribution in [0.2, 0.25) is 0 Å². The van der Waals surface area contributed by atoms with Crippen molar-refractivity contribution in [3.63, 3.8) is 0 Å². The summed E-state index contributed by atoms with van der Waals surface area (Å²) in [4.78, 5) is 4.66. The van der Waals surface area contributed by atoms with E-state index in [0.717, 1.165) is 0 Å². The normalized spacial score (nSPS) is 10.3. The van der Waals surface area contributed by atoms with E-state index in [1.165, 1.54) is 12.1 Å². The van der Waals surface area contributed by atoms with E-state index < -0.39 is 0 Å². The highest BCUT2D eigenvalue weighted by molar-refractivity contribution is 5.74. The molecule has 1 rings (SSSR count). The van der Waals surface area contributed by atoms with Crippen LogP contribution in [-0.4, -0.2) is 12.9 Å². The molecule has 1 aromatic carbocycles. The van der Waals surface area contributed by atoms with Crippen LogP contribution in [0.3, 0.4) is 0 Å². The van der Waals surface area contributed by atoms with Crippen molar-refractivity contribution in [2.45, 2.75) is 6.92 Å². The molecule has 0 aromatic heterocycles. The Morgan fingerprint density at radius 3 is 2.77 bits per heavy atom. The number of anilines is 1. The highest BCUT2D eigenvalue weighted by Crippen LogP contribution is 2.06. The molecule has 13 heavy (non-hydrogen) atoms. The molecule has 0 amide bonds. The number of nitrogens with one attached hydrogen (secondary N) is 1. The lowest BCUT2D eigenvalue weighted by Gasteiger charge is -1.97. The van der Waals surface area contributed by atoms with Crippen molar-refractivity contribution in [1.29, 1.82) is 0 Å². The minimum atomic E-state index is -0.271. The molecule has 1 radical (unpaired) electrons. The zero-order valence-electron chi connectivity index (χ0n) is 7.25. The zero-order chi connectivity index (χ0) is 9.52. The molecule has 0 heterocycles. The number of hydrogen-bond donors (Lipinski definition) is 1. The van der Waals surface area contributed by atoms with Gasteiger partial charge in [0.15, 0.2) is 0 Å². The second-order valence-corrected chi connectivity index (χ2v) is 2.25. The van der Waals surface area contributed by atoms with Gasteiger partial charge in [0.1, 0.15) is 12.4 Å². The Hall–Kier alpha value is -1.58. The van der Waals surface area contributed by atoms with Gasteiger partial charge in [-0.2, -0.15) is 0 Å². The summed E-state index contributed by atoms with van der Waals surface area (Å²) in [5.74, 6) is -0.271.